The number of allylic oxidation sites excluding steroid dienone is 1. The average Bonchev–Trinajstić information content (AvgIpc) is 3.44. The predicted octanol–water partition coefficient (Wildman–Crippen LogP) is 6.53. The molecule has 0 saturated carbocycles. The molecule has 262 valence electrons. The molecule has 3 heterocycles. The average molecular weight is 684 g/mol. The van der Waals surface area contributed by atoms with Crippen LogP contribution in [0.4, 0.5) is 17.6 Å². The zero-order valence-corrected chi connectivity index (χ0v) is 27.6. The first-order valence-corrected chi connectivity index (χ1v) is 16.1. The maximum absolute atomic E-state index is 15.5. The lowest BCUT2D eigenvalue weighted by atomic mass is 9.91. The highest BCUT2D eigenvalue weighted by Gasteiger charge is 2.33. The van der Waals surface area contributed by atoms with Crippen LogP contribution in [-0.4, -0.2) is 45.9 Å². The Balaban J connectivity index is 1.39. The minimum absolute atomic E-state index is 0.122. The minimum atomic E-state index is -5.10. The Hall–Kier alpha value is -4.85. The lowest BCUT2D eigenvalue weighted by Gasteiger charge is -2.32. The summed E-state index contributed by atoms with van der Waals surface area (Å²) in [5.41, 5.74) is 13.7. The molecule has 0 aliphatic carbocycles. The van der Waals surface area contributed by atoms with Crippen molar-refractivity contribution in [3.05, 3.63) is 88.0 Å². The number of nitrogens with zero attached hydrogens (tertiary/aromatic N) is 3. The number of ether oxygens (including phenoxy) is 2. The van der Waals surface area contributed by atoms with Gasteiger partial charge in [-0.25, -0.2) is 9.18 Å². The van der Waals surface area contributed by atoms with Crippen molar-refractivity contribution in [3.63, 3.8) is 0 Å². The molecule has 49 heavy (non-hydrogen) atoms. The van der Waals surface area contributed by atoms with Crippen LogP contribution in [-0.2, 0) is 11.2 Å². The third kappa shape index (κ3) is 9.19. The van der Waals surface area contributed by atoms with Gasteiger partial charge in [-0.15, -0.1) is 13.2 Å². The Bertz CT molecular complexity index is 1880. The molecule has 1 aliphatic heterocycles. The second-order valence-electron chi connectivity index (χ2n) is 12.5. The Morgan fingerprint density at radius 3 is 2.63 bits per heavy atom. The molecule has 2 aromatic heterocycles. The van der Waals surface area contributed by atoms with Crippen molar-refractivity contribution in [1.29, 1.82) is 0 Å². The Labute approximate surface area is 281 Å². The molecule has 0 spiro atoms. The van der Waals surface area contributed by atoms with Crippen LogP contribution in [0.25, 0.3) is 28.0 Å². The molecule has 1 fully saturated rings. The van der Waals surface area contributed by atoms with Gasteiger partial charge in [0.1, 0.15) is 11.9 Å². The fourth-order valence-corrected chi connectivity index (χ4v) is 6.37. The van der Waals surface area contributed by atoms with Crippen LogP contribution in [0.15, 0.2) is 70.4 Å². The van der Waals surface area contributed by atoms with Crippen LogP contribution >= 0.6 is 0 Å². The van der Waals surface area contributed by atoms with Gasteiger partial charge in [0.15, 0.2) is 11.6 Å². The third-order valence-corrected chi connectivity index (χ3v) is 8.43. The molecule has 5 rings (SSSR count). The van der Waals surface area contributed by atoms with Gasteiger partial charge in [0.05, 0.1) is 30.4 Å². The van der Waals surface area contributed by atoms with Gasteiger partial charge in [-0.2, -0.15) is 4.98 Å². The number of alkyl halides is 3. The van der Waals surface area contributed by atoms with Crippen LogP contribution in [0.3, 0.4) is 0 Å². The van der Waals surface area contributed by atoms with Crippen LogP contribution < -0.4 is 27.2 Å². The number of benzene rings is 2. The van der Waals surface area contributed by atoms with Gasteiger partial charge >= 0.3 is 12.1 Å². The number of nitrogens with one attached hydrogen (secondary N) is 2. The first-order chi connectivity index (χ1) is 23.3. The molecule has 1 saturated heterocycles. The van der Waals surface area contributed by atoms with Gasteiger partial charge in [0.25, 0.3) is 0 Å². The van der Waals surface area contributed by atoms with E-state index in [4.69, 9.17) is 16.2 Å². The van der Waals surface area contributed by atoms with Crippen molar-refractivity contribution in [2.24, 2.45) is 16.5 Å². The van der Waals surface area contributed by atoms with Crippen molar-refractivity contribution in [1.82, 2.24) is 19.9 Å². The maximum atomic E-state index is 15.5. The largest absolute Gasteiger partial charge is 0.573 e. The number of H-pyrrole nitrogens is 1. The highest BCUT2D eigenvalue weighted by molar-refractivity contribution is 5.83. The van der Waals surface area contributed by atoms with E-state index in [0.717, 1.165) is 37.3 Å². The van der Waals surface area contributed by atoms with Crippen LogP contribution in [0.2, 0.25) is 0 Å². The Morgan fingerprint density at radius 2 is 1.94 bits per heavy atom. The van der Waals surface area contributed by atoms with E-state index in [1.165, 1.54) is 30.1 Å². The van der Waals surface area contributed by atoms with Crippen LogP contribution in [0.5, 0.6) is 5.75 Å². The summed E-state index contributed by atoms with van der Waals surface area (Å²) in [4.78, 5) is 24.6. The number of aromatic amines is 1. The van der Waals surface area contributed by atoms with E-state index in [1.807, 2.05) is 24.3 Å². The molecule has 4 aromatic rings. The maximum Gasteiger partial charge on any atom is 0.573 e. The van der Waals surface area contributed by atoms with E-state index in [1.54, 1.807) is 13.1 Å². The molecule has 3 atom stereocenters. The van der Waals surface area contributed by atoms with Gasteiger partial charge in [0.2, 0.25) is 0 Å². The topological polar surface area (TPSA) is 146 Å². The zero-order valence-electron chi connectivity index (χ0n) is 27.6. The van der Waals surface area contributed by atoms with Gasteiger partial charge in [-0.05, 0) is 93.8 Å². The van der Waals surface area contributed by atoms with Crippen molar-refractivity contribution in [3.8, 4) is 22.7 Å². The third-order valence-electron chi connectivity index (χ3n) is 8.43. The molecule has 6 N–H and O–H groups in total. The SMILES string of the molecule is CO/C=C(\N)CCCc1cc(OC(F)(F)F)c(F)c(-c2cc3cn(-c4ccc([C@@H]5CCC[C@@H](C[C@H](C)N=C(C)N)N5)cc4)c(=O)nc3[nH]2)c1. The number of rotatable bonds is 12. The molecule has 2 aromatic carbocycles. The highest BCUT2D eigenvalue weighted by Crippen LogP contribution is 2.35. The zero-order chi connectivity index (χ0) is 35.3. The molecule has 0 amide bonds. The molecular formula is C35H41F4N7O3. The van der Waals surface area contributed by atoms with Crippen LogP contribution in [0.1, 0.15) is 69.5 Å². The van der Waals surface area contributed by atoms with E-state index in [0.29, 0.717) is 47.1 Å². The summed E-state index contributed by atoms with van der Waals surface area (Å²) in [6.45, 7) is 3.85. The van der Waals surface area contributed by atoms with E-state index in [-0.39, 0.29) is 35.4 Å². The quantitative estimate of drug-likeness (QED) is 0.0575. The van der Waals surface area contributed by atoms with Gasteiger partial charge in [-0.1, -0.05) is 18.6 Å². The fraction of sp³-hybridized carbons (Fsp3) is 0.400. The summed E-state index contributed by atoms with van der Waals surface area (Å²) >= 11 is 0. The van der Waals surface area contributed by atoms with E-state index >= 15 is 4.39 Å². The number of piperidine rings is 1. The molecule has 1 aliphatic rings. The molecule has 0 unspecified atom stereocenters. The van der Waals surface area contributed by atoms with E-state index < -0.39 is 23.6 Å². The summed E-state index contributed by atoms with van der Waals surface area (Å²) in [5.74, 6) is -1.59. The number of halogens is 4. The van der Waals surface area contributed by atoms with Gasteiger partial charge in [0, 0.05) is 34.9 Å². The number of methoxy groups -OCH3 is 1. The Kier molecular flexibility index (Phi) is 11.0. The summed E-state index contributed by atoms with van der Waals surface area (Å²) in [6.07, 6.45) is 3.02. The lowest BCUT2D eigenvalue weighted by Crippen LogP contribution is -2.38. The molecule has 0 radical (unpaired) electrons. The number of aromatic nitrogens is 3. The summed E-state index contributed by atoms with van der Waals surface area (Å²) in [5, 5.41) is 4.18. The van der Waals surface area contributed by atoms with Crippen LogP contribution in [0, 0.1) is 5.82 Å². The standard InChI is InChI=1S/C35H41F4N7O3/c1-20(42-21(2)40)14-26-8-5-9-29(43-26)23-10-12-27(13-11-23)46-18-24-17-30(44-33(24)45-34(46)47)28-15-22(6-4-7-25(41)19-48-3)16-31(32(28)36)49-35(37,38)39/h10-13,15-20,26,29,43H,4-9,14,41H2,1-3H3,(H2,40,42)(H,44,45,47)/b25-19-/t20-,26-,29-/m0/s1. The highest BCUT2D eigenvalue weighted by atomic mass is 19.4. The number of hydrogen-bond acceptors (Lipinski definition) is 7. The van der Waals surface area contributed by atoms with Crippen molar-refractivity contribution >= 4 is 16.9 Å². The van der Waals surface area contributed by atoms with Crippen molar-refractivity contribution in [2.75, 3.05) is 7.11 Å². The molecule has 0 bridgehead atoms. The minimum Gasteiger partial charge on any atom is -0.503 e. The number of hydrogen-bond donors (Lipinski definition) is 4. The monoisotopic (exact) mass is 683 g/mol. The summed E-state index contributed by atoms with van der Waals surface area (Å²) < 4.78 is 65.3. The number of amidine groups is 1. The summed E-state index contributed by atoms with van der Waals surface area (Å²) in [6, 6.07) is 12.2. The van der Waals surface area contributed by atoms with Crippen molar-refractivity contribution in [2.45, 2.75) is 83.3 Å². The van der Waals surface area contributed by atoms with E-state index in [2.05, 4.69) is 31.9 Å². The van der Waals surface area contributed by atoms with E-state index in [9.17, 15) is 18.0 Å². The van der Waals surface area contributed by atoms with Gasteiger partial charge < -0.3 is 31.2 Å². The normalized spacial score (nSPS) is 18.1. The van der Waals surface area contributed by atoms with Crippen molar-refractivity contribution < 1.29 is 27.0 Å². The second kappa shape index (κ2) is 15.1. The molecular weight excluding hydrogens is 642 g/mol. The predicted molar refractivity (Wildman–Crippen MR) is 181 cm³/mol. The Morgan fingerprint density at radius 1 is 1.18 bits per heavy atom. The first-order valence-electron chi connectivity index (χ1n) is 16.1. The first kappa shape index (κ1) is 35.5. The smallest absolute Gasteiger partial charge is 0.503 e. The number of fused-ring (bicyclic) bond motifs is 1. The second-order valence-corrected chi connectivity index (χ2v) is 12.5. The molecule has 10 nitrogen and oxygen atoms in total. The lowest BCUT2D eigenvalue weighted by molar-refractivity contribution is -0.275. The number of aliphatic imine (C=N–C) groups is 1. The van der Waals surface area contributed by atoms with Gasteiger partial charge in [-0.3, -0.25) is 9.56 Å². The fourth-order valence-electron chi connectivity index (χ4n) is 6.37. The number of nitrogens with two attached hydrogens (primary N) is 2. The molecule has 14 heteroatoms. The number of aryl methyl sites for hydroxylation is 1. The summed E-state index contributed by atoms with van der Waals surface area (Å²) in [7, 11) is 1.45.